The number of carboxylic acids is 1. The Morgan fingerprint density at radius 2 is 2.29 bits per heavy atom. The lowest BCUT2D eigenvalue weighted by atomic mass is 10.2. The van der Waals surface area contributed by atoms with Gasteiger partial charge in [-0.15, -0.1) is 0 Å². The average Bonchev–Trinajstić information content (AvgIpc) is 2.14. The van der Waals surface area contributed by atoms with Crippen molar-refractivity contribution >= 4 is 37.4 Å². The largest absolute Gasteiger partial charge is 0.477 e. The van der Waals surface area contributed by atoms with Gasteiger partial charge in [0.15, 0.2) is 0 Å². The van der Waals surface area contributed by atoms with Crippen LogP contribution in [0.4, 0.5) is 0 Å². The molecule has 0 saturated heterocycles. The topological polar surface area (TPSA) is 49.3 Å². The molecule has 0 radical (unpaired) electrons. The molecule has 14 heavy (non-hydrogen) atoms. The van der Waals surface area contributed by atoms with E-state index in [4.69, 9.17) is 5.11 Å². The Labute approximate surface area is 92.6 Å². The fourth-order valence-corrected chi connectivity index (χ4v) is 1.55. The minimum atomic E-state index is -0.986. The minimum Gasteiger partial charge on any atom is -0.477 e. The second-order valence-electron chi connectivity index (χ2n) is 2.56. The smallest absolute Gasteiger partial charge is 0.352 e. The van der Waals surface area contributed by atoms with E-state index in [9.17, 15) is 4.79 Å². The van der Waals surface area contributed by atoms with Gasteiger partial charge in [-0.3, -0.25) is 0 Å². The van der Waals surface area contributed by atoms with Gasteiger partial charge in [-0.25, -0.2) is 4.79 Å². The van der Waals surface area contributed by atoms with Crippen molar-refractivity contribution in [3.05, 3.63) is 40.0 Å². The maximum Gasteiger partial charge on any atom is 0.352 e. The van der Waals surface area contributed by atoms with Crippen molar-refractivity contribution in [1.82, 2.24) is 5.09 Å². The number of benzene rings is 1. The first-order chi connectivity index (χ1) is 6.63. The number of rotatable bonds is 3. The number of halogens is 1. The molecule has 74 valence electrons. The van der Waals surface area contributed by atoms with Crippen LogP contribution in [0.5, 0.6) is 0 Å². The van der Waals surface area contributed by atoms with Gasteiger partial charge in [0.05, 0.1) is 0 Å². The van der Waals surface area contributed by atoms with Gasteiger partial charge in [-0.05, 0) is 33.2 Å². The fourth-order valence-electron chi connectivity index (χ4n) is 0.928. The van der Waals surface area contributed by atoms with Crippen LogP contribution in [0.2, 0.25) is 0 Å². The van der Waals surface area contributed by atoms with Crippen LogP contribution in [0.1, 0.15) is 5.56 Å². The van der Waals surface area contributed by atoms with Crippen LogP contribution in [-0.2, 0) is 4.79 Å². The summed E-state index contributed by atoms with van der Waals surface area (Å²) in [7, 11) is 2.16. The number of carbonyl (C=O) groups is 1. The third-order valence-electron chi connectivity index (χ3n) is 1.55. The summed E-state index contributed by atoms with van der Waals surface area (Å²) in [4.78, 5) is 10.7. The zero-order valence-corrected chi connectivity index (χ0v) is 9.94. The average molecular weight is 274 g/mol. The van der Waals surface area contributed by atoms with Crippen molar-refractivity contribution in [3.63, 3.8) is 0 Å². The predicted molar refractivity (Wildman–Crippen MR) is 62.6 cm³/mol. The summed E-state index contributed by atoms with van der Waals surface area (Å²) in [5.41, 5.74) is 0.958. The zero-order chi connectivity index (χ0) is 10.6. The van der Waals surface area contributed by atoms with E-state index in [0.29, 0.717) is 0 Å². The van der Waals surface area contributed by atoms with E-state index >= 15 is 0 Å². The van der Waals surface area contributed by atoms with Gasteiger partial charge in [0, 0.05) is 4.47 Å². The molecule has 0 bridgehead atoms. The molecule has 0 amide bonds. The van der Waals surface area contributed by atoms with Crippen LogP contribution in [0.3, 0.4) is 0 Å². The Morgan fingerprint density at radius 3 is 2.79 bits per heavy atom. The molecule has 2 N–H and O–H groups in total. The highest BCUT2D eigenvalue weighted by molar-refractivity contribution is 9.10. The molecule has 0 aliphatic heterocycles. The first-order valence-corrected chi connectivity index (χ1v) is 5.17. The van der Waals surface area contributed by atoms with Crippen LogP contribution in [-0.4, -0.2) is 11.1 Å². The van der Waals surface area contributed by atoms with Crippen molar-refractivity contribution in [3.8, 4) is 0 Å². The molecule has 3 nitrogen and oxygen atoms in total. The van der Waals surface area contributed by atoms with Gasteiger partial charge in [0.1, 0.15) is 5.70 Å². The van der Waals surface area contributed by atoms with Gasteiger partial charge in [0.25, 0.3) is 0 Å². The zero-order valence-electron chi connectivity index (χ0n) is 7.20. The molecule has 1 unspecified atom stereocenters. The lowest BCUT2D eigenvalue weighted by Crippen LogP contribution is -2.09. The molecule has 1 aromatic carbocycles. The standard InChI is InChI=1S/C9H9BrNO2P/c10-7-3-1-2-6(4-7)5-8(11-14)9(12)13/h1-5,11H,14H2,(H,12,13)/b8-5-. The summed E-state index contributed by atoms with van der Waals surface area (Å²) in [5, 5.41) is 11.3. The van der Waals surface area contributed by atoms with Crippen molar-refractivity contribution in [2.45, 2.75) is 0 Å². The number of nitrogens with one attached hydrogen (secondary N) is 1. The normalized spacial score (nSPS) is 11.1. The molecule has 0 aliphatic carbocycles. The molecule has 0 heterocycles. The van der Waals surface area contributed by atoms with Crippen LogP contribution in [0.15, 0.2) is 34.4 Å². The van der Waals surface area contributed by atoms with Gasteiger partial charge < -0.3 is 10.2 Å². The Balaban J connectivity index is 3.00. The molecule has 0 aromatic heterocycles. The SMILES string of the molecule is O=C(O)/C(=C/c1cccc(Br)c1)NP. The van der Waals surface area contributed by atoms with Gasteiger partial charge >= 0.3 is 5.97 Å². The maximum atomic E-state index is 10.7. The first kappa shape index (κ1) is 11.2. The Morgan fingerprint density at radius 1 is 1.57 bits per heavy atom. The van der Waals surface area contributed by atoms with E-state index in [2.05, 4.69) is 30.4 Å². The number of hydrogen-bond donors (Lipinski definition) is 2. The summed E-state index contributed by atoms with van der Waals surface area (Å²) >= 11 is 3.31. The predicted octanol–water partition coefficient (Wildman–Crippen LogP) is 2.25. The Kier molecular flexibility index (Phi) is 4.11. The first-order valence-electron chi connectivity index (χ1n) is 3.80. The van der Waals surface area contributed by atoms with E-state index in [1.54, 1.807) is 6.08 Å². The maximum absolute atomic E-state index is 10.7. The van der Waals surface area contributed by atoms with Crippen LogP contribution < -0.4 is 5.09 Å². The third kappa shape index (κ3) is 3.13. The molecular formula is C9H9BrNO2P. The van der Waals surface area contributed by atoms with Gasteiger partial charge in [0.2, 0.25) is 0 Å². The van der Waals surface area contributed by atoms with Gasteiger partial charge in [-0.1, -0.05) is 28.1 Å². The number of aliphatic carboxylic acids is 1. The van der Waals surface area contributed by atoms with Crippen molar-refractivity contribution in [2.24, 2.45) is 0 Å². The van der Waals surface area contributed by atoms with Crippen LogP contribution in [0, 0.1) is 0 Å². The Bertz CT molecular complexity index is 379. The van der Waals surface area contributed by atoms with Crippen LogP contribution in [0.25, 0.3) is 6.08 Å². The summed E-state index contributed by atoms with van der Waals surface area (Å²) < 4.78 is 0.916. The quantitative estimate of drug-likeness (QED) is 0.656. The van der Waals surface area contributed by atoms with E-state index in [1.807, 2.05) is 24.3 Å². The summed E-state index contributed by atoms with van der Waals surface area (Å²) in [5.74, 6) is -0.986. The summed E-state index contributed by atoms with van der Waals surface area (Å²) in [6.45, 7) is 0. The van der Waals surface area contributed by atoms with E-state index in [0.717, 1.165) is 10.0 Å². The fraction of sp³-hybridized carbons (Fsp3) is 0. The molecule has 0 spiro atoms. The molecule has 0 fully saturated rings. The molecule has 1 rings (SSSR count). The third-order valence-corrected chi connectivity index (χ3v) is 2.35. The molecule has 5 heteroatoms. The van der Waals surface area contributed by atoms with Crippen molar-refractivity contribution in [2.75, 3.05) is 0 Å². The minimum absolute atomic E-state index is 0.133. The van der Waals surface area contributed by atoms with Crippen molar-refractivity contribution in [1.29, 1.82) is 0 Å². The molecule has 1 aromatic rings. The Hall–Kier alpha value is -0.860. The lowest BCUT2D eigenvalue weighted by molar-refractivity contribution is -0.132. The molecule has 0 saturated carbocycles. The molecule has 1 atom stereocenters. The number of carboxylic acid groups (broad SMARTS) is 1. The van der Waals surface area contributed by atoms with Crippen molar-refractivity contribution < 1.29 is 9.90 Å². The second kappa shape index (κ2) is 5.13. The van der Waals surface area contributed by atoms with E-state index < -0.39 is 5.97 Å². The highest BCUT2D eigenvalue weighted by atomic mass is 79.9. The molecular weight excluding hydrogens is 265 g/mol. The second-order valence-corrected chi connectivity index (χ2v) is 3.77. The molecule has 0 aliphatic rings. The highest BCUT2D eigenvalue weighted by Gasteiger charge is 2.03. The highest BCUT2D eigenvalue weighted by Crippen LogP contribution is 2.14. The summed E-state index contributed by atoms with van der Waals surface area (Å²) in [6.07, 6.45) is 1.56. The van der Waals surface area contributed by atoms with Crippen LogP contribution >= 0.6 is 25.3 Å². The van der Waals surface area contributed by atoms with E-state index in [1.165, 1.54) is 0 Å². The van der Waals surface area contributed by atoms with Gasteiger partial charge in [-0.2, -0.15) is 0 Å². The monoisotopic (exact) mass is 273 g/mol. The summed E-state index contributed by atoms with van der Waals surface area (Å²) in [6, 6.07) is 7.39. The lowest BCUT2D eigenvalue weighted by Gasteiger charge is -2.00. The number of hydrogen-bond acceptors (Lipinski definition) is 2. The van der Waals surface area contributed by atoms with E-state index in [-0.39, 0.29) is 5.70 Å².